The molecule has 6 heteroatoms. The zero-order valence-corrected chi connectivity index (χ0v) is 10.8. The Labute approximate surface area is 108 Å². The average Bonchev–Trinajstić information content (AvgIpc) is 2.95. The van der Waals surface area contributed by atoms with Crippen LogP contribution in [0.15, 0.2) is 17.8 Å². The van der Waals surface area contributed by atoms with Crippen molar-refractivity contribution < 1.29 is 9.90 Å². The maximum absolute atomic E-state index is 11.3. The van der Waals surface area contributed by atoms with Gasteiger partial charge in [-0.05, 0) is 24.8 Å². The summed E-state index contributed by atoms with van der Waals surface area (Å²) in [6, 6.07) is 1.99. The lowest BCUT2D eigenvalue weighted by molar-refractivity contribution is -0.146. The fraction of sp³-hybridized carbons (Fsp3) is 0.417. The standard InChI is InChI=1S/C12H13N3O2S/c1-12(11(16)17)3-4-15(6-12)9-8-2-5-18-10(8)14-7-13-9/h2,5,7H,3-4,6H2,1H3,(H,16,17). The lowest BCUT2D eigenvalue weighted by Crippen LogP contribution is -2.32. The number of thiophene rings is 1. The van der Waals surface area contributed by atoms with E-state index in [-0.39, 0.29) is 0 Å². The summed E-state index contributed by atoms with van der Waals surface area (Å²) in [4.78, 5) is 22.8. The minimum Gasteiger partial charge on any atom is -0.481 e. The summed E-state index contributed by atoms with van der Waals surface area (Å²) in [6.45, 7) is 3.02. The third kappa shape index (κ3) is 1.64. The molecular formula is C12H13N3O2S. The molecular weight excluding hydrogens is 250 g/mol. The highest BCUT2D eigenvalue weighted by atomic mass is 32.1. The van der Waals surface area contributed by atoms with Crippen LogP contribution in [0.25, 0.3) is 10.2 Å². The van der Waals surface area contributed by atoms with E-state index >= 15 is 0 Å². The largest absolute Gasteiger partial charge is 0.481 e. The van der Waals surface area contributed by atoms with Gasteiger partial charge in [0, 0.05) is 13.1 Å². The summed E-state index contributed by atoms with van der Waals surface area (Å²) < 4.78 is 0. The second-order valence-electron chi connectivity index (χ2n) is 4.87. The van der Waals surface area contributed by atoms with Gasteiger partial charge in [-0.3, -0.25) is 4.79 Å². The van der Waals surface area contributed by atoms with E-state index in [0.29, 0.717) is 13.0 Å². The average molecular weight is 263 g/mol. The van der Waals surface area contributed by atoms with Gasteiger partial charge in [-0.25, -0.2) is 9.97 Å². The smallest absolute Gasteiger partial charge is 0.311 e. The highest BCUT2D eigenvalue weighted by Gasteiger charge is 2.41. The zero-order valence-electron chi connectivity index (χ0n) is 9.96. The molecule has 3 rings (SSSR count). The van der Waals surface area contributed by atoms with Crippen LogP contribution in [-0.2, 0) is 4.79 Å². The van der Waals surface area contributed by atoms with Crippen LogP contribution in [0, 0.1) is 5.41 Å². The van der Waals surface area contributed by atoms with E-state index in [9.17, 15) is 9.90 Å². The van der Waals surface area contributed by atoms with Crippen LogP contribution in [0.2, 0.25) is 0 Å². The predicted octanol–water partition coefficient (Wildman–Crippen LogP) is 1.99. The van der Waals surface area contributed by atoms with Crippen LogP contribution in [0.1, 0.15) is 13.3 Å². The number of anilines is 1. The molecule has 1 atom stereocenters. The number of hydrogen-bond acceptors (Lipinski definition) is 5. The van der Waals surface area contributed by atoms with E-state index in [1.807, 2.05) is 16.3 Å². The van der Waals surface area contributed by atoms with Gasteiger partial charge >= 0.3 is 5.97 Å². The molecule has 0 radical (unpaired) electrons. The number of rotatable bonds is 2. The quantitative estimate of drug-likeness (QED) is 0.897. The molecule has 1 fully saturated rings. The maximum Gasteiger partial charge on any atom is 0.311 e. The summed E-state index contributed by atoms with van der Waals surface area (Å²) >= 11 is 1.57. The van der Waals surface area contributed by atoms with E-state index < -0.39 is 11.4 Å². The van der Waals surface area contributed by atoms with Gasteiger partial charge in [-0.15, -0.1) is 11.3 Å². The minimum absolute atomic E-state index is 0.504. The highest BCUT2D eigenvalue weighted by Crippen LogP contribution is 2.35. The Hall–Kier alpha value is -1.69. The van der Waals surface area contributed by atoms with E-state index in [1.165, 1.54) is 0 Å². The third-order valence-electron chi connectivity index (χ3n) is 3.53. The molecule has 1 saturated heterocycles. The molecule has 1 aliphatic rings. The van der Waals surface area contributed by atoms with Gasteiger partial charge in [-0.2, -0.15) is 0 Å². The minimum atomic E-state index is -0.736. The van der Waals surface area contributed by atoms with Crippen molar-refractivity contribution in [1.82, 2.24) is 9.97 Å². The van der Waals surface area contributed by atoms with E-state index in [2.05, 4.69) is 9.97 Å². The second-order valence-corrected chi connectivity index (χ2v) is 5.77. The Morgan fingerprint density at radius 1 is 1.56 bits per heavy atom. The molecule has 1 N–H and O–H groups in total. The molecule has 1 unspecified atom stereocenters. The van der Waals surface area contributed by atoms with Crippen LogP contribution >= 0.6 is 11.3 Å². The van der Waals surface area contributed by atoms with Crippen molar-refractivity contribution in [2.75, 3.05) is 18.0 Å². The summed E-state index contributed by atoms with van der Waals surface area (Å²) in [7, 11) is 0. The van der Waals surface area contributed by atoms with Gasteiger partial charge < -0.3 is 10.0 Å². The number of carboxylic acid groups (broad SMARTS) is 1. The second kappa shape index (κ2) is 3.91. The lowest BCUT2D eigenvalue weighted by atomic mass is 9.90. The summed E-state index contributed by atoms with van der Waals surface area (Å²) in [5.74, 6) is 0.117. The number of carboxylic acids is 1. The van der Waals surface area contributed by atoms with E-state index in [4.69, 9.17) is 0 Å². The van der Waals surface area contributed by atoms with Crippen molar-refractivity contribution >= 4 is 33.3 Å². The molecule has 0 amide bonds. The van der Waals surface area contributed by atoms with Gasteiger partial charge in [0.05, 0.1) is 10.8 Å². The van der Waals surface area contributed by atoms with Crippen molar-refractivity contribution in [2.24, 2.45) is 5.41 Å². The molecule has 94 valence electrons. The van der Waals surface area contributed by atoms with E-state index in [0.717, 1.165) is 22.6 Å². The van der Waals surface area contributed by atoms with Gasteiger partial charge in [0.15, 0.2) is 0 Å². The number of nitrogens with zero attached hydrogens (tertiary/aromatic N) is 3. The molecule has 0 aromatic carbocycles. The Morgan fingerprint density at radius 2 is 2.39 bits per heavy atom. The normalized spacial score (nSPS) is 23.7. The van der Waals surface area contributed by atoms with Crippen LogP contribution in [0.5, 0.6) is 0 Å². The molecule has 1 aliphatic heterocycles. The number of fused-ring (bicyclic) bond motifs is 1. The van der Waals surface area contributed by atoms with Crippen molar-refractivity contribution in [1.29, 1.82) is 0 Å². The fourth-order valence-corrected chi connectivity index (χ4v) is 3.07. The van der Waals surface area contributed by atoms with Crippen molar-refractivity contribution in [3.8, 4) is 0 Å². The molecule has 0 saturated carbocycles. The first-order valence-corrected chi connectivity index (χ1v) is 6.65. The number of hydrogen-bond donors (Lipinski definition) is 1. The lowest BCUT2D eigenvalue weighted by Gasteiger charge is -2.21. The number of carbonyl (C=O) groups is 1. The molecule has 0 aliphatic carbocycles. The molecule has 0 spiro atoms. The van der Waals surface area contributed by atoms with Gasteiger partial charge in [-0.1, -0.05) is 0 Å². The fourth-order valence-electron chi connectivity index (χ4n) is 2.35. The molecule has 3 heterocycles. The Kier molecular flexibility index (Phi) is 2.48. The highest BCUT2D eigenvalue weighted by molar-refractivity contribution is 7.16. The molecule has 5 nitrogen and oxygen atoms in total. The van der Waals surface area contributed by atoms with Crippen LogP contribution in [0.4, 0.5) is 5.82 Å². The monoisotopic (exact) mass is 263 g/mol. The Balaban J connectivity index is 1.98. The predicted molar refractivity (Wildman–Crippen MR) is 70.0 cm³/mol. The summed E-state index contributed by atoms with van der Waals surface area (Å²) in [5.41, 5.74) is -0.673. The first-order chi connectivity index (χ1) is 8.60. The first-order valence-electron chi connectivity index (χ1n) is 5.77. The zero-order chi connectivity index (χ0) is 12.8. The van der Waals surface area contributed by atoms with Crippen LogP contribution in [0.3, 0.4) is 0 Å². The van der Waals surface area contributed by atoms with Crippen LogP contribution in [-0.4, -0.2) is 34.1 Å². The SMILES string of the molecule is CC1(C(=O)O)CCN(c2ncnc3sccc23)C1. The Bertz CT molecular complexity index is 612. The Morgan fingerprint density at radius 3 is 3.11 bits per heavy atom. The number of aromatic nitrogens is 2. The van der Waals surface area contributed by atoms with Crippen molar-refractivity contribution in [2.45, 2.75) is 13.3 Å². The van der Waals surface area contributed by atoms with E-state index in [1.54, 1.807) is 24.6 Å². The van der Waals surface area contributed by atoms with Gasteiger partial charge in [0.25, 0.3) is 0 Å². The first kappa shape index (κ1) is 11.4. The van der Waals surface area contributed by atoms with Crippen molar-refractivity contribution in [3.63, 3.8) is 0 Å². The third-order valence-corrected chi connectivity index (χ3v) is 4.35. The van der Waals surface area contributed by atoms with Gasteiger partial charge in [0.1, 0.15) is 17.0 Å². The summed E-state index contributed by atoms with van der Waals surface area (Å²) in [6.07, 6.45) is 2.20. The number of aliphatic carboxylic acids is 1. The molecule has 18 heavy (non-hydrogen) atoms. The molecule has 2 aromatic heterocycles. The maximum atomic E-state index is 11.3. The van der Waals surface area contributed by atoms with Gasteiger partial charge in [0.2, 0.25) is 0 Å². The molecule has 2 aromatic rings. The van der Waals surface area contributed by atoms with Crippen molar-refractivity contribution in [3.05, 3.63) is 17.8 Å². The molecule has 0 bridgehead atoms. The topological polar surface area (TPSA) is 66.3 Å². The van der Waals surface area contributed by atoms with Crippen LogP contribution < -0.4 is 4.90 Å². The summed E-state index contributed by atoms with van der Waals surface area (Å²) in [5, 5.41) is 12.2.